The number of nitrogens with one attached hydrogen (secondary N) is 1. The van der Waals surface area contributed by atoms with Crippen molar-refractivity contribution >= 4 is 23.6 Å². The van der Waals surface area contributed by atoms with Crippen molar-refractivity contribution in [2.75, 3.05) is 23.4 Å². The van der Waals surface area contributed by atoms with Gasteiger partial charge in [0.05, 0.1) is 11.9 Å². The molecule has 1 aliphatic rings. The van der Waals surface area contributed by atoms with Crippen LogP contribution in [0.3, 0.4) is 0 Å². The molecule has 0 spiro atoms. The lowest BCUT2D eigenvalue weighted by molar-refractivity contribution is -0.113. The second-order valence-electron chi connectivity index (χ2n) is 4.57. The van der Waals surface area contributed by atoms with Gasteiger partial charge in [-0.1, -0.05) is 0 Å². The Morgan fingerprint density at radius 2 is 2.47 bits per heavy atom. The van der Waals surface area contributed by atoms with E-state index < -0.39 is 0 Å². The van der Waals surface area contributed by atoms with E-state index in [-0.39, 0.29) is 5.91 Å². The molecule has 1 fully saturated rings. The van der Waals surface area contributed by atoms with Crippen LogP contribution in [0, 0.1) is 6.92 Å². The first-order chi connectivity index (χ1) is 9.24. The molecule has 1 atom stereocenters. The molecule has 1 aromatic rings. The zero-order valence-corrected chi connectivity index (χ0v) is 11.9. The Balaban J connectivity index is 1.67. The first kappa shape index (κ1) is 14.3. The van der Waals surface area contributed by atoms with Gasteiger partial charge in [-0.2, -0.15) is 0 Å². The molecule has 1 aromatic heterocycles. The van der Waals surface area contributed by atoms with E-state index in [0.717, 1.165) is 30.9 Å². The second kappa shape index (κ2) is 7.45. The third-order valence-electron chi connectivity index (χ3n) is 2.86. The van der Waals surface area contributed by atoms with Gasteiger partial charge in [-0.05, 0) is 32.3 Å². The van der Waals surface area contributed by atoms with Crippen molar-refractivity contribution in [3.63, 3.8) is 0 Å². The summed E-state index contributed by atoms with van der Waals surface area (Å²) in [7, 11) is 0. The average molecular weight is 281 g/mol. The predicted octanol–water partition coefficient (Wildman–Crippen LogP) is 2.03. The van der Waals surface area contributed by atoms with Crippen LogP contribution in [0.2, 0.25) is 0 Å². The number of amides is 1. The molecule has 1 unspecified atom stereocenters. The lowest BCUT2D eigenvalue weighted by Gasteiger charge is -2.21. The van der Waals surface area contributed by atoms with Gasteiger partial charge in [-0.25, -0.2) is 9.97 Å². The molecular formula is C13H19N3O2S. The topological polar surface area (TPSA) is 64.1 Å². The van der Waals surface area contributed by atoms with Gasteiger partial charge >= 0.3 is 0 Å². The molecule has 2 rings (SSSR count). The Morgan fingerprint density at radius 1 is 1.58 bits per heavy atom. The van der Waals surface area contributed by atoms with Crippen LogP contribution in [-0.2, 0) is 9.53 Å². The van der Waals surface area contributed by atoms with E-state index in [4.69, 9.17) is 4.74 Å². The first-order valence-corrected chi connectivity index (χ1v) is 7.68. The van der Waals surface area contributed by atoms with E-state index >= 15 is 0 Å². The number of aromatic nitrogens is 2. The molecule has 19 heavy (non-hydrogen) atoms. The Hall–Kier alpha value is -1.14. The molecule has 6 heteroatoms. The number of nitrogens with zero attached hydrogens (tertiary/aromatic N) is 2. The maximum Gasteiger partial charge on any atom is 0.236 e. The fourth-order valence-electron chi connectivity index (χ4n) is 1.89. The highest BCUT2D eigenvalue weighted by molar-refractivity contribution is 8.00. The molecule has 0 bridgehead atoms. The molecule has 0 aliphatic carbocycles. The van der Waals surface area contributed by atoms with Crippen LogP contribution in [0.5, 0.6) is 0 Å². The standard InChI is InChI=1S/C13H19N3O2S/c1-10-5-6-14-13(15-10)16-12(17)9-19-8-11-4-2-3-7-18-11/h5-6,11H,2-4,7-9H2,1H3,(H,14,15,16,17). The minimum Gasteiger partial charge on any atom is -0.377 e. The summed E-state index contributed by atoms with van der Waals surface area (Å²) >= 11 is 1.60. The number of hydrogen-bond acceptors (Lipinski definition) is 5. The fourth-order valence-corrected chi connectivity index (χ4v) is 2.79. The van der Waals surface area contributed by atoms with Crippen molar-refractivity contribution in [1.82, 2.24) is 9.97 Å². The molecule has 5 nitrogen and oxygen atoms in total. The lowest BCUT2D eigenvalue weighted by Crippen LogP contribution is -2.23. The normalized spacial score (nSPS) is 19.1. The number of carbonyl (C=O) groups is 1. The smallest absolute Gasteiger partial charge is 0.236 e. The van der Waals surface area contributed by atoms with E-state index in [2.05, 4.69) is 15.3 Å². The first-order valence-electron chi connectivity index (χ1n) is 6.53. The number of aryl methyl sites for hydroxylation is 1. The van der Waals surface area contributed by atoms with Crippen LogP contribution < -0.4 is 5.32 Å². The van der Waals surface area contributed by atoms with Crippen LogP contribution >= 0.6 is 11.8 Å². The summed E-state index contributed by atoms with van der Waals surface area (Å²) in [5.41, 5.74) is 0.841. The summed E-state index contributed by atoms with van der Waals surface area (Å²) in [5.74, 6) is 1.60. The lowest BCUT2D eigenvalue weighted by atomic mass is 10.1. The molecule has 2 heterocycles. The third-order valence-corrected chi connectivity index (χ3v) is 3.93. The molecule has 1 amide bonds. The van der Waals surface area contributed by atoms with Gasteiger partial charge in [-0.3, -0.25) is 10.1 Å². The fraction of sp³-hybridized carbons (Fsp3) is 0.615. The van der Waals surface area contributed by atoms with Gasteiger partial charge in [0.25, 0.3) is 0 Å². The number of carbonyl (C=O) groups excluding carboxylic acids is 1. The number of ether oxygens (including phenoxy) is 1. The maximum atomic E-state index is 11.7. The van der Waals surface area contributed by atoms with Gasteiger partial charge in [-0.15, -0.1) is 11.8 Å². The Labute approximate surface area is 117 Å². The summed E-state index contributed by atoms with van der Waals surface area (Å²) < 4.78 is 5.62. The minimum absolute atomic E-state index is 0.0635. The van der Waals surface area contributed by atoms with Gasteiger partial charge in [0, 0.05) is 24.3 Å². The minimum atomic E-state index is -0.0635. The number of rotatable bonds is 5. The summed E-state index contributed by atoms with van der Waals surface area (Å²) in [6.07, 6.45) is 5.44. The zero-order valence-electron chi connectivity index (χ0n) is 11.1. The highest BCUT2D eigenvalue weighted by atomic mass is 32.2. The van der Waals surface area contributed by atoms with E-state index in [1.54, 1.807) is 24.0 Å². The molecule has 1 aliphatic heterocycles. The SMILES string of the molecule is Cc1ccnc(NC(=O)CSCC2CCCCO2)n1. The van der Waals surface area contributed by atoms with Crippen molar-refractivity contribution in [1.29, 1.82) is 0 Å². The van der Waals surface area contributed by atoms with Gasteiger partial charge in [0.15, 0.2) is 0 Å². The van der Waals surface area contributed by atoms with Crippen LogP contribution in [0.4, 0.5) is 5.95 Å². The predicted molar refractivity (Wildman–Crippen MR) is 76.3 cm³/mol. The second-order valence-corrected chi connectivity index (χ2v) is 5.60. The Kier molecular flexibility index (Phi) is 5.60. The van der Waals surface area contributed by atoms with E-state index in [1.807, 2.05) is 6.92 Å². The average Bonchev–Trinajstić information content (AvgIpc) is 2.40. The van der Waals surface area contributed by atoms with Crippen molar-refractivity contribution in [2.45, 2.75) is 32.3 Å². The summed E-state index contributed by atoms with van der Waals surface area (Å²) in [6, 6.07) is 1.80. The van der Waals surface area contributed by atoms with Gasteiger partial charge < -0.3 is 4.74 Å². The Morgan fingerprint density at radius 3 is 3.21 bits per heavy atom. The van der Waals surface area contributed by atoms with Crippen LogP contribution in [0.25, 0.3) is 0 Å². The Bertz CT molecular complexity index is 422. The quantitative estimate of drug-likeness (QED) is 0.894. The van der Waals surface area contributed by atoms with Gasteiger partial charge in [0.2, 0.25) is 11.9 Å². The zero-order chi connectivity index (χ0) is 13.5. The van der Waals surface area contributed by atoms with Crippen LogP contribution in [0.15, 0.2) is 12.3 Å². The third kappa shape index (κ3) is 5.16. The van der Waals surface area contributed by atoms with Crippen LogP contribution in [-0.4, -0.2) is 40.1 Å². The van der Waals surface area contributed by atoms with Crippen molar-refractivity contribution < 1.29 is 9.53 Å². The molecule has 0 saturated carbocycles. The van der Waals surface area contributed by atoms with Crippen molar-refractivity contribution in [3.05, 3.63) is 18.0 Å². The van der Waals surface area contributed by atoms with Crippen molar-refractivity contribution in [2.24, 2.45) is 0 Å². The molecular weight excluding hydrogens is 262 g/mol. The highest BCUT2D eigenvalue weighted by Crippen LogP contribution is 2.17. The summed E-state index contributed by atoms with van der Waals surface area (Å²) in [6.45, 7) is 2.72. The van der Waals surface area contributed by atoms with Gasteiger partial charge in [0.1, 0.15) is 0 Å². The molecule has 0 aromatic carbocycles. The summed E-state index contributed by atoms with van der Waals surface area (Å²) in [5, 5.41) is 2.70. The van der Waals surface area contributed by atoms with Crippen LogP contribution in [0.1, 0.15) is 25.0 Å². The largest absolute Gasteiger partial charge is 0.377 e. The monoisotopic (exact) mass is 281 g/mol. The molecule has 1 saturated heterocycles. The van der Waals surface area contributed by atoms with Crippen molar-refractivity contribution in [3.8, 4) is 0 Å². The summed E-state index contributed by atoms with van der Waals surface area (Å²) in [4.78, 5) is 19.8. The molecule has 1 N–H and O–H groups in total. The number of anilines is 1. The van der Waals surface area contributed by atoms with E-state index in [0.29, 0.717) is 17.8 Å². The molecule has 104 valence electrons. The number of hydrogen-bond donors (Lipinski definition) is 1. The number of thioether (sulfide) groups is 1. The molecule has 0 radical (unpaired) electrons. The van der Waals surface area contributed by atoms with E-state index in [1.165, 1.54) is 6.42 Å². The highest BCUT2D eigenvalue weighted by Gasteiger charge is 2.14. The maximum absolute atomic E-state index is 11.7. The van der Waals surface area contributed by atoms with E-state index in [9.17, 15) is 4.79 Å².